The van der Waals surface area contributed by atoms with E-state index in [-0.39, 0.29) is 5.15 Å². The summed E-state index contributed by atoms with van der Waals surface area (Å²) < 4.78 is 10.3. The topological polar surface area (TPSA) is 56.3 Å². The summed E-state index contributed by atoms with van der Waals surface area (Å²) >= 11 is 11.9. The van der Waals surface area contributed by atoms with Gasteiger partial charge in [0.1, 0.15) is 12.1 Å². The van der Waals surface area contributed by atoms with Crippen LogP contribution in [0.25, 0.3) is 0 Å². The lowest BCUT2D eigenvalue weighted by Crippen LogP contribution is -1.99. The van der Waals surface area contributed by atoms with Crippen molar-refractivity contribution in [3.63, 3.8) is 0 Å². The summed E-state index contributed by atoms with van der Waals surface area (Å²) in [5, 5.41) is 3.83. The minimum Gasteiger partial charge on any atom is -0.495 e. The number of nitrogens with one attached hydrogen (secondary N) is 1. The molecule has 0 unspecified atom stereocenters. The zero-order valence-corrected chi connectivity index (χ0v) is 11.8. The molecule has 5 nitrogen and oxygen atoms in total. The number of hydrogen-bond acceptors (Lipinski definition) is 5. The number of anilines is 2. The Balaban J connectivity index is 2.33. The third kappa shape index (κ3) is 3.00. The number of halogens is 2. The van der Waals surface area contributed by atoms with Crippen molar-refractivity contribution in [1.82, 2.24) is 9.97 Å². The molecule has 2 aromatic rings. The molecule has 0 radical (unpaired) electrons. The monoisotopic (exact) mass is 299 g/mol. The van der Waals surface area contributed by atoms with Gasteiger partial charge in [-0.3, -0.25) is 0 Å². The Morgan fingerprint density at radius 1 is 1.11 bits per heavy atom. The Morgan fingerprint density at radius 3 is 2.58 bits per heavy atom. The maximum Gasteiger partial charge on any atom is 0.199 e. The lowest BCUT2D eigenvalue weighted by atomic mass is 10.3. The van der Waals surface area contributed by atoms with Crippen LogP contribution in [0.3, 0.4) is 0 Å². The maximum atomic E-state index is 5.96. The van der Waals surface area contributed by atoms with Gasteiger partial charge < -0.3 is 14.8 Å². The number of nitrogens with zero attached hydrogens (tertiary/aromatic N) is 2. The van der Waals surface area contributed by atoms with Gasteiger partial charge in [-0.2, -0.15) is 0 Å². The Morgan fingerprint density at radius 2 is 1.89 bits per heavy atom. The zero-order valence-electron chi connectivity index (χ0n) is 10.3. The van der Waals surface area contributed by atoms with Gasteiger partial charge in [-0.1, -0.05) is 23.2 Å². The molecule has 7 heteroatoms. The summed E-state index contributed by atoms with van der Waals surface area (Å²) in [5.74, 6) is 1.40. The molecule has 1 aromatic carbocycles. The first-order chi connectivity index (χ1) is 9.15. The quantitative estimate of drug-likeness (QED) is 0.875. The number of hydrogen-bond donors (Lipinski definition) is 1. The molecule has 0 aliphatic rings. The van der Waals surface area contributed by atoms with Crippen LogP contribution in [0, 0.1) is 0 Å². The van der Waals surface area contributed by atoms with E-state index in [1.54, 1.807) is 25.3 Å². The Hall–Kier alpha value is -1.72. The second-order valence-electron chi connectivity index (χ2n) is 3.52. The molecular formula is C12H11Cl2N3O2. The molecule has 0 amide bonds. The van der Waals surface area contributed by atoms with Gasteiger partial charge >= 0.3 is 0 Å². The van der Waals surface area contributed by atoms with Gasteiger partial charge in [0, 0.05) is 11.8 Å². The van der Waals surface area contributed by atoms with Crippen molar-refractivity contribution in [3.8, 4) is 11.5 Å². The lowest BCUT2D eigenvalue weighted by molar-refractivity contribution is 0.413. The summed E-state index contributed by atoms with van der Waals surface area (Å²) in [6, 6.07) is 5.26. The SMILES string of the molecule is COc1cc(Nc2ncnc(Cl)c2OC)ccc1Cl. The summed E-state index contributed by atoms with van der Waals surface area (Å²) in [5.41, 5.74) is 0.745. The van der Waals surface area contributed by atoms with Crippen molar-refractivity contribution < 1.29 is 9.47 Å². The highest BCUT2D eigenvalue weighted by Gasteiger charge is 2.11. The molecule has 1 aromatic heterocycles. The second-order valence-corrected chi connectivity index (χ2v) is 4.29. The molecule has 100 valence electrons. The lowest BCUT2D eigenvalue weighted by Gasteiger charge is -2.11. The number of methoxy groups -OCH3 is 2. The zero-order chi connectivity index (χ0) is 13.8. The Bertz CT molecular complexity index is 593. The fourth-order valence-corrected chi connectivity index (χ4v) is 1.90. The molecule has 0 bridgehead atoms. The maximum absolute atomic E-state index is 5.96. The highest BCUT2D eigenvalue weighted by atomic mass is 35.5. The van der Waals surface area contributed by atoms with E-state index >= 15 is 0 Å². The predicted octanol–water partition coefficient (Wildman–Crippen LogP) is 3.54. The molecule has 0 aliphatic heterocycles. The van der Waals surface area contributed by atoms with Gasteiger partial charge in [0.25, 0.3) is 0 Å². The van der Waals surface area contributed by atoms with Crippen molar-refractivity contribution in [2.45, 2.75) is 0 Å². The molecule has 19 heavy (non-hydrogen) atoms. The predicted molar refractivity (Wildman–Crippen MR) is 74.9 cm³/mol. The van der Waals surface area contributed by atoms with Gasteiger partial charge in [-0.15, -0.1) is 0 Å². The average Bonchev–Trinajstić information content (AvgIpc) is 2.41. The van der Waals surface area contributed by atoms with Gasteiger partial charge in [0.05, 0.1) is 19.2 Å². The minimum atomic E-state index is 0.237. The van der Waals surface area contributed by atoms with Crippen LogP contribution < -0.4 is 14.8 Å². The Labute approximate surface area is 120 Å². The van der Waals surface area contributed by atoms with Gasteiger partial charge in [0.15, 0.2) is 16.7 Å². The minimum absolute atomic E-state index is 0.237. The van der Waals surface area contributed by atoms with Crippen molar-refractivity contribution in [3.05, 3.63) is 34.7 Å². The molecule has 1 heterocycles. The molecule has 0 spiro atoms. The van der Waals surface area contributed by atoms with E-state index in [1.807, 2.05) is 0 Å². The van der Waals surface area contributed by atoms with E-state index in [0.29, 0.717) is 22.3 Å². The van der Waals surface area contributed by atoms with Crippen molar-refractivity contribution >= 4 is 34.7 Å². The van der Waals surface area contributed by atoms with Crippen LogP contribution in [0.1, 0.15) is 0 Å². The largest absolute Gasteiger partial charge is 0.495 e. The van der Waals surface area contributed by atoms with Crippen LogP contribution in [-0.2, 0) is 0 Å². The van der Waals surface area contributed by atoms with Crippen LogP contribution in [0.2, 0.25) is 10.2 Å². The first kappa shape index (κ1) is 13.7. The summed E-state index contributed by atoms with van der Waals surface area (Å²) in [6.45, 7) is 0. The number of ether oxygens (including phenoxy) is 2. The molecule has 0 atom stereocenters. The molecule has 0 fully saturated rings. The highest BCUT2D eigenvalue weighted by Crippen LogP contribution is 2.33. The van der Waals surface area contributed by atoms with Crippen molar-refractivity contribution in [1.29, 1.82) is 0 Å². The van der Waals surface area contributed by atoms with Crippen molar-refractivity contribution in [2.75, 3.05) is 19.5 Å². The molecule has 0 saturated heterocycles. The molecule has 0 saturated carbocycles. The number of benzene rings is 1. The first-order valence-corrected chi connectivity index (χ1v) is 6.06. The molecule has 0 aliphatic carbocycles. The molecule has 1 N–H and O–H groups in total. The second kappa shape index (κ2) is 5.95. The van der Waals surface area contributed by atoms with E-state index in [2.05, 4.69) is 15.3 Å². The van der Waals surface area contributed by atoms with Gasteiger partial charge in [-0.05, 0) is 12.1 Å². The van der Waals surface area contributed by atoms with E-state index in [9.17, 15) is 0 Å². The summed E-state index contributed by atoms with van der Waals surface area (Å²) in [7, 11) is 3.05. The molecular weight excluding hydrogens is 289 g/mol. The first-order valence-electron chi connectivity index (χ1n) is 5.30. The van der Waals surface area contributed by atoms with E-state index in [1.165, 1.54) is 13.4 Å². The van der Waals surface area contributed by atoms with E-state index in [0.717, 1.165) is 5.69 Å². The smallest absolute Gasteiger partial charge is 0.199 e. The third-order valence-corrected chi connectivity index (χ3v) is 2.96. The van der Waals surface area contributed by atoms with Gasteiger partial charge in [0.2, 0.25) is 0 Å². The highest BCUT2D eigenvalue weighted by molar-refractivity contribution is 6.32. The fourth-order valence-electron chi connectivity index (χ4n) is 1.50. The van der Waals surface area contributed by atoms with E-state index in [4.69, 9.17) is 32.7 Å². The van der Waals surface area contributed by atoms with Crippen LogP contribution in [0.15, 0.2) is 24.5 Å². The summed E-state index contributed by atoms with van der Waals surface area (Å²) in [4.78, 5) is 7.92. The Kier molecular flexibility index (Phi) is 4.29. The third-order valence-electron chi connectivity index (χ3n) is 2.38. The average molecular weight is 300 g/mol. The number of rotatable bonds is 4. The standard InChI is InChI=1S/C12H11Cl2N3O2/c1-18-9-5-7(3-4-8(9)13)17-12-10(19-2)11(14)15-6-16-12/h3-6H,1-2H3,(H,15,16,17). The molecule has 2 rings (SSSR count). The van der Waals surface area contributed by atoms with Crippen LogP contribution in [0.5, 0.6) is 11.5 Å². The van der Waals surface area contributed by atoms with Crippen LogP contribution in [-0.4, -0.2) is 24.2 Å². The number of aromatic nitrogens is 2. The van der Waals surface area contributed by atoms with Gasteiger partial charge in [-0.25, -0.2) is 9.97 Å². The van der Waals surface area contributed by atoms with Crippen LogP contribution >= 0.6 is 23.2 Å². The van der Waals surface area contributed by atoms with Crippen molar-refractivity contribution in [2.24, 2.45) is 0 Å². The van der Waals surface area contributed by atoms with Crippen LogP contribution in [0.4, 0.5) is 11.5 Å². The van der Waals surface area contributed by atoms with E-state index < -0.39 is 0 Å². The fraction of sp³-hybridized carbons (Fsp3) is 0.167. The summed E-state index contributed by atoms with van der Waals surface area (Å²) in [6.07, 6.45) is 1.35. The normalized spacial score (nSPS) is 10.1.